The quantitative estimate of drug-likeness (QED) is 0.855. The van der Waals surface area contributed by atoms with Gasteiger partial charge in [-0.3, -0.25) is 4.98 Å². The summed E-state index contributed by atoms with van der Waals surface area (Å²) < 4.78 is 5.22. The van der Waals surface area contributed by atoms with Gasteiger partial charge in [0.1, 0.15) is 11.4 Å². The Balaban J connectivity index is 1.70. The van der Waals surface area contributed by atoms with E-state index in [2.05, 4.69) is 15.3 Å². The second kappa shape index (κ2) is 7.61. The van der Waals surface area contributed by atoms with Gasteiger partial charge in [0.25, 0.3) is 0 Å². The van der Waals surface area contributed by atoms with E-state index in [0.717, 1.165) is 28.1 Å². The van der Waals surface area contributed by atoms with Crippen LogP contribution < -0.4 is 11.1 Å². The first-order chi connectivity index (χ1) is 12.8. The van der Waals surface area contributed by atoms with E-state index < -0.39 is 11.7 Å². The molecule has 6 heteroatoms. The van der Waals surface area contributed by atoms with Crippen molar-refractivity contribution >= 4 is 23.7 Å². The summed E-state index contributed by atoms with van der Waals surface area (Å²) in [7, 11) is 0. The molecule has 140 valence electrons. The van der Waals surface area contributed by atoms with Crippen LogP contribution in [-0.4, -0.2) is 22.5 Å². The van der Waals surface area contributed by atoms with Crippen LogP contribution in [0.2, 0.25) is 0 Å². The summed E-state index contributed by atoms with van der Waals surface area (Å²) >= 11 is 0. The maximum Gasteiger partial charge on any atom is 0.407 e. The van der Waals surface area contributed by atoms with Crippen LogP contribution in [0.5, 0.6) is 0 Å². The molecule has 27 heavy (non-hydrogen) atoms. The molecule has 1 aliphatic rings. The SMILES string of the molecule is CC(C)(C)OC(=O)NCc1ccc(-c2ccc3c(c2)N=C(N)CC=C3)cn1. The van der Waals surface area contributed by atoms with Crippen LogP contribution in [0.25, 0.3) is 17.2 Å². The molecule has 0 saturated carbocycles. The maximum atomic E-state index is 11.7. The number of fused-ring (bicyclic) bond motifs is 1. The molecule has 1 aromatic heterocycles. The van der Waals surface area contributed by atoms with Gasteiger partial charge < -0.3 is 15.8 Å². The van der Waals surface area contributed by atoms with Crippen molar-refractivity contribution in [2.45, 2.75) is 39.3 Å². The number of pyridine rings is 1. The van der Waals surface area contributed by atoms with Crippen LogP contribution in [0.1, 0.15) is 38.4 Å². The zero-order valence-electron chi connectivity index (χ0n) is 15.8. The molecule has 1 aliphatic heterocycles. The van der Waals surface area contributed by atoms with Crippen LogP contribution in [0.3, 0.4) is 0 Å². The standard InChI is InChI=1S/C21H24N4O2/c1-21(2,3)27-20(26)24-13-17-10-9-16(12-23-17)15-8-7-14-5-4-6-19(22)25-18(14)11-15/h4-5,7-12H,6,13H2,1-3H3,(H2,22,25)(H,24,26). The molecule has 3 N–H and O–H groups in total. The Morgan fingerprint density at radius 3 is 2.70 bits per heavy atom. The number of amidine groups is 1. The Morgan fingerprint density at radius 2 is 2.00 bits per heavy atom. The predicted molar refractivity (Wildman–Crippen MR) is 108 cm³/mol. The van der Waals surface area contributed by atoms with Crippen LogP contribution in [0.15, 0.2) is 47.6 Å². The van der Waals surface area contributed by atoms with Gasteiger partial charge >= 0.3 is 6.09 Å². The topological polar surface area (TPSA) is 89.6 Å². The molecule has 0 saturated heterocycles. The van der Waals surface area contributed by atoms with Gasteiger partial charge in [-0.1, -0.05) is 30.4 Å². The molecule has 1 aromatic carbocycles. The van der Waals surface area contributed by atoms with Gasteiger partial charge in [-0.15, -0.1) is 0 Å². The Bertz CT molecular complexity index is 893. The number of benzene rings is 1. The van der Waals surface area contributed by atoms with Crippen LogP contribution in [0.4, 0.5) is 10.5 Å². The molecule has 0 aliphatic carbocycles. The average molecular weight is 364 g/mol. The number of ether oxygens (including phenoxy) is 1. The van der Waals surface area contributed by atoms with E-state index in [0.29, 0.717) is 18.8 Å². The van der Waals surface area contributed by atoms with E-state index in [9.17, 15) is 4.79 Å². The van der Waals surface area contributed by atoms with E-state index in [-0.39, 0.29) is 0 Å². The summed E-state index contributed by atoms with van der Waals surface area (Å²) in [5.41, 5.74) is 10.0. The van der Waals surface area contributed by atoms with Crippen molar-refractivity contribution in [2.24, 2.45) is 10.7 Å². The molecule has 0 atom stereocenters. The molecule has 0 spiro atoms. The van der Waals surface area contributed by atoms with Crippen molar-refractivity contribution in [1.29, 1.82) is 0 Å². The van der Waals surface area contributed by atoms with Crippen molar-refractivity contribution in [1.82, 2.24) is 10.3 Å². The lowest BCUT2D eigenvalue weighted by atomic mass is 10.0. The van der Waals surface area contributed by atoms with Gasteiger partial charge in [0, 0.05) is 18.2 Å². The lowest BCUT2D eigenvalue weighted by molar-refractivity contribution is 0.0523. The first-order valence-corrected chi connectivity index (χ1v) is 8.86. The maximum absolute atomic E-state index is 11.7. The number of aromatic nitrogens is 1. The highest BCUT2D eigenvalue weighted by molar-refractivity contribution is 5.89. The summed E-state index contributed by atoms with van der Waals surface area (Å²) in [5.74, 6) is 0.601. The lowest BCUT2D eigenvalue weighted by Crippen LogP contribution is -2.32. The molecule has 0 radical (unpaired) electrons. The third kappa shape index (κ3) is 5.17. The number of hydrogen-bond donors (Lipinski definition) is 2. The predicted octanol–water partition coefficient (Wildman–Crippen LogP) is 4.18. The van der Waals surface area contributed by atoms with E-state index in [1.165, 1.54) is 0 Å². The molecule has 0 fully saturated rings. The number of amides is 1. The minimum absolute atomic E-state index is 0.311. The highest BCUT2D eigenvalue weighted by Gasteiger charge is 2.15. The smallest absolute Gasteiger partial charge is 0.407 e. The normalized spacial score (nSPS) is 13.4. The molecule has 1 amide bonds. The second-order valence-corrected chi connectivity index (χ2v) is 7.38. The zero-order chi connectivity index (χ0) is 19.4. The number of nitrogens with one attached hydrogen (secondary N) is 1. The van der Waals surface area contributed by atoms with Crippen molar-refractivity contribution in [3.05, 3.63) is 53.9 Å². The summed E-state index contributed by atoms with van der Waals surface area (Å²) in [4.78, 5) is 20.6. The highest BCUT2D eigenvalue weighted by atomic mass is 16.6. The summed E-state index contributed by atoms with van der Waals surface area (Å²) in [6.07, 6.45) is 6.03. The minimum Gasteiger partial charge on any atom is -0.444 e. The van der Waals surface area contributed by atoms with Gasteiger partial charge in [-0.05, 0) is 44.0 Å². The zero-order valence-corrected chi connectivity index (χ0v) is 15.8. The first kappa shape index (κ1) is 18.6. The summed E-state index contributed by atoms with van der Waals surface area (Å²) in [6.45, 7) is 5.79. The van der Waals surface area contributed by atoms with Crippen molar-refractivity contribution in [3.8, 4) is 11.1 Å². The summed E-state index contributed by atoms with van der Waals surface area (Å²) in [5, 5.41) is 2.70. The number of nitrogens with zero attached hydrogens (tertiary/aromatic N) is 2. The third-order valence-electron chi connectivity index (χ3n) is 3.89. The number of rotatable bonds is 3. The fourth-order valence-corrected chi connectivity index (χ4v) is 2.64. The summed E-state index contributed by atoms with van der Waals surface area (Å²) in [6, 6.07) is 9.93. The third-order valence-corrected chi connectivity index (χ3v) is 3.89. The largest absolute Gasteiger partial charge is 0.444 e. The monoisotopic (exact) mass is 364 g/mol. The molecule has 0 bridgehead atoms. The molecule has 3 rings (SSSR count). The van der Waals surface area contributed by atoms with Gasteiger partial charge in [0.2, 0.25) is 0 Å². The van der Waals surface area contributed by atoms with Crippen LogP contribution in [-0.2, 0) is 11.3 Å². The average Bonchev–Trinajstić information content (AvgIpc) is 2.79. The number of hydrogen-bond acceptors (Lipinski definition) is 5. The van der Waals surface area contributed by atoms with Gasteiger partial charge in [0.05, 0.1) is 17.9 Å². The number of aliphatic imine (C=N–C) groups is 1. The Labute approximate surface area is 159 Å². The van der Waals surface area contributed by atoms with Crippen LogP contribution >= 0.6 is 0 Å². The minimum atomic E-state index is -0.520. The van der Waals surface area contributed by atoms with E-state index in [4.69, 9.17) is 10.5 Å². The number of alkyl carbamates (subject to hydrolysis) is 1. The van der Waals surface area contributed by atoms with Crippen molar-refractivity contribution in [3.63, 3.8) is 0 Å². The molecule has 0 unspecified atom stereocenters. The van der Waals surface area contributed by atoms with Crippen molar-refractivity contribution < 1.29 is 9.53 Å². The fourth-order valence-electron chi connectivity index (χ4n) is 2.64. The Kier molecular flexibility index (Phi) is 5.26. The van der Waals surface area contributed by atoms with E-state index in [1.54, 1.807) is 6.20 Å². The Hall–Kier alpha value is -3.15. The molecule has 6 nitrogen and oxygen atoms in total. The number of carbonyl (C=O) groups excluding carboxylic acids is 1. The molecular weight excluding hydrogens is 340 g/mol. The van der Waals surface area contributed by atoms with Gasteiger partial charge in [-0.25, -0.2) is 9.79 Å². The van der Waals surface area contributed by atoms with Crippen molar-refractivity contribution in [2.75, 3.05) is 0 Å². The highest BCUT2D eigenvalue weighted by Crippen LogP contribution is 2.29. The molecule has 2 aromatic rings. The van der Waals surface area contributed by atoms with Gasteiger partial charge in [-0.2, -0.15) is 0 Å². The number of nitrogens with two attached hydrogens (primary N) is 1. The van der Waals surface area contributed by atoms with E-state index >= 15 is 0 Å². The number of carbonyl (C=O) groups is 1. The molecule has 2 heterocycles. The fraction of sp³-hybridized carbons (Fsp3) is 0.286. The first-order valence-electron chi connectivity index (χ1n) is 8.86. The molecular formula is C21H24N4O2. The second-order valence-electron chi connectivity index (χ2n) is 7.38. The lowest BCUT2D eigenvalue weighted by Gasteiger charge is -2.19. The Morgan fingerprint density at radius 1 is 1.22 bits per heavy atom. The van der Waals surface area contributed by atoms with Crippen LogP contribution in [0, 0.1) is 0 Å². The van der Waals surface area contributed by atoms with E-state index in [1.807, 2.05) is 63.3 Å². The van der Waals surface area contributed by atoms with Gasteiger partial charge in [0.15, 0.2) is 0 Å².